The molecule has 1 aliphatic carbocycles. The molecule has 0 saturated carbocycles. The van der Waals surface area contributed by atoms with E-state index < -0.39 is 0 Å². The van der Waals surface area contributed by atoms with E-state index in [-0.39, 0.29) is 11.2 Å². The van der Waals surface area contributed by atoms with Crippen LogP contribution in [-0.2, 0) is 9.53 Å². The fraction of sp³-hybridized carbons (Fsp3) is 0.385. The maximum Gasteiger partial charge on any atom is 0.315 e. The molecule has 0 spiro atoms. The Morgan fingerprint density at radius 3 is 3.06 bits per heavy atom. The van der Waals surface area contributed by atoms with E-state index in [0.29, 0.717) is 24.5 Å². The van der Waals surface area contributed by atoms with Gasteiger partial charge < -0.3 is 9.94 Å². The topological polar surface area (TPSA) is 58.9 Å². The minimum absolute atomic E-state index is 0.163. The van der Waals surface area contributed by atoms with Crippen LogP contribution in [0.15, 0.2) is 29.4 Å². The van der Waals surface area contributed by atoms with Crippen LogP contribution in [0.4, 0.5) is 0 Å². The molecule has 0 aliphatic heterocycles. The van der Waals surface area contributed by atoms with Gasteiger partial charge in [0.15, 0.2) is 0 Å². The SMILES string of the molecule is CCOC(=O)CSC1C/C(=N\O)c2ccccc21. The zero-order valence-corrected chi connectivity index (χ0v) is 10.9. The van der Waals surface area contributed by atoms with Gasteiger partial charge in [0.1, 0.15) is 0 Å². The fourth-order valence-corrected chi connectivity index (χ4v) is 3.13. The summed E-state index contributed by atoms with van der Waals surface area (Å²) in [6.45, 7) is 2.20. The van der Waals surface area contributed by atoms with Gasteiger partial charge in [0.05, 0.1) is 18.1 Å². The summed E-state index contributed by atoms with van der Waals surface area (Å²) < 4.78 is 4.90. The summed E-state index contributed by atoms with van der Waals surface area (Å²) in [5.74, 6) is 0.125. The van der Waals surface area contributed by atoms with Gasteiger partial charge in [-0.25, -0.2) is 0 Å². The normalized spacial score (nSPS) is 19.8. The third kappa shape index (κ3) is 2.67. The Balaban J connectivity index is 2.06. The van der Waals surface area contributed by atoms with E-state index in [1.165, 1.54) is 11.8 Å². The second-order valence-corrected chi connectivity index (χ2v) is 5.13. The van der Waals surface area contributed by atoms with Crippen molar-refractivity contribution in [1.82, 2.24) is 0 Å². The molecule has 0 aromatic heterocycles. The van der Waals surface area contributed by atoms with Crippen LogP contribution in [0.3, 0.4) is 0 Å². The van der Waals surface area contributed by atoms with E-state index in [0.717, 1.165) is 11.1 Å². The fourth-order valence-electron chi connectivity index (χ4n) is 2.05. The molecule has 1 N–H and O–H groups in total. The molecule has 1 atom stereocenters. The maximum absolute atomic E-state index is 11.3. The third-order valence-electron chi connectivity index (χ3n) is 2.83. The third-order valence-corrected chi connectivity index (χ3v) is 4.05. The molecular weight excluding hydrogens is 250 g/mol. The molecule has 0 saturated heterocycles. The number of rotatable bonds is 4. The molecule has 18 heavy (non-hydrogen) atoms. The van der Waals surface area contributed by atoms with Crippen LogP contribution in [0, 0.1) is 0 Å². The summed E-state index contributed by atoms with van der Waals surface area (Å²) in [4.78, 5) is 11.3. The lowest BCUT2D eigenvalue weighted by Gasteiger charge is -2.09. The molecule has 1 aromatic carbocycles. The van der Waals surface area contributed by atoms with Crippen LogP contribution in [0.5, 0.6) is 0 Å². The van der Waals surface area contributed by atoms with Crippen molar-refractivity contribution >= 4 is 23.4 Å². The van der Waals surface area contributed by atoms with Crippen LogP contribution in [-0.4, -0.2) is 29.2 Å². The number of esters is 1. The minimum Gasteiger partial charge on any atom is -0.465 e. The number of nitrogens with zero attached hydrogens (tertiary/aromatic N) is 1. The van der Waals surface area contributed by atoms with Gasteiger partial charge in [0, 0.05) is 17.2 Å². The number of benzene rings is 1. The first-order valence-corrected chi connectivity index (χ1v) is 6.88. The molecule has 0 heterocycles. The summed E-state index contributed by atoms with van der Waals surface area (Å²) in [7, 11) is 0. The first-order chi connectivity index (χ1) is 8.76. The van der Waals surface area contributed by atoms with Crippen molar-refractivity contribution in [3.05, 3.63) is 35.4 Å². The molecule has 0 amide bonds. The highest BCUT2D eigenvalue weighted by molar-refractivity contribution is 8.00. The largest absolute Gasteiger partial charge is 0.465 e. The Hall–Kier alpha value is -1.49. The molecular formula is C13H15NO3S. The van der Waals surface area contributed by atoms with E-state index in [4.69, 9.17) is 9.94 Å². The first-order valence-electron chi connectivity index (χ1n) is 5.83. The van der Waals surface area contributed by atoms with Crippen molar-refractivity contribution in [2.75, 3.05) is 12.4 Å². The molecule has 1 aromatic rings. The monoisotopic (exact) mass is 265 g/mol. The zero-order chi connectivity index (χ0) is 13.0. The molecule has 0 bridgehead atoms. The number of carbonyl (C=O) groups excluding carboxylic acids is 1. The van der Waals surface area contributed by atoms with Gasteiger partial charge in [-0.05, 0) is 12.5 Å². The average molecular weight is 265 g/mol. The van der Waals surface area contributed by atoms with E-state index >= 15 is 0 Å². The molecule has 1 aliphatic rings. The number of oxime groups is 1. The van der Waals surface area contributed by atoms with Crippen molar-refractivity contribution in [2.24, 2.45) is 5.16 Å². The highest BCUT2D eigenvalue weighted by atomic mass is 32.2. The van der Waals surface area contributed by atoms with Gasteiger partial charge >= 0.3 is 5.97 Å². The van der Waals surface area contributed by atoms with E-state index in [9.17, 15) is 4.79 Å². The second kappa shape index (κ2) is 5.91. The van der Waals surface area contributed by atoms with Crippen molar-refractivity contribution in [1.29, 1.82) is 0 Å². The molecule has 0 fully saturated rings. The zero-order valence-electron chi connectivity index (χ0n) is 10.1. The summed E-state index contributed by atoms with van der Waals surface area (Å²) in [5.41, 5.74) is 2.79. The van der Waals surface area contributed by atoms with E-state index in [1.54, 1.807) is 6.92 Å². The summed E-state index contributed by atoms with van der Waals surface area (Å²) in [6.07, 6.45) is 0.653. The Morgan fingerprint density at radius 2 is 2.33 bits per heavy atom. The van der Waals surface area contributed by atoms with Crippen molar-refractivity contribution < 1.29 is 14.7 Å². The number of hydrogen-bond acceptors (Lipinski definition) is 5. The summed E-state index contributed by atoms with van der Waals surface area (Å²) in [5, 5.41) is 12.5. The molecule has 96 valence electrons. The lowest BCUT2D eigenvalue weighted by molar-refractivity contribution is -0.139. The molecule has 1 unspecified atom stereocenters. The van der Waals surface area contributed by atoms with Crippen LogP contribution < -0.4 is 0 Å². The summed E-state index contributed by atoms with van der Waals surface area (Å²) in [6, 6.07) is 7.82. The Labute approximate surface area is 110 Å². The van der Waals surface area contributed by atoms with Crippen LogP contribution in [0.25, 0.3) is 0 Å². The van der Waals surface area contributed by atoms with Crippen molar-refractivity contribution in [3.63, 3.8) is 0 Å². The quantitative estimate of drug-likeness (QED) is 0.516. The predicted octanol–water partition coefficient (Wildman–Crippen LogP) is 2.61. The predicted molar refractivity (Wildman–Crippen MR) is 71.2 cm³/mol. The lowest BCUT2D eigenvalue weighted by Crippen LogP contribution is -2.07. The number of hydrogen-bond donors (Lipinski definition) is 1. The van der Waals surface area contributed by atoms with Gasteiger partial charge in [0.2, 0.25) is 0 Å². The van der Waals surface area contributed by atoms with Gasteiger partial charge in [-0.1, -0.05) is 29.4 Å². The number of thioether (sulfide) groups is 1. The maximum atomic E-state index is 11.3. The van der Waals surface area contributed by atoms with Crippen LogP contribution in [0.1, 0.15) is 29.7 Å². The van der Waals surface area contributed by atoms with Gasteiger partial charge in [-0.3, -0.25) is 4.79 Å². The Kier molecular flexibility index (Phi) is 4.25. The minimum atomic E-state index is -0.200. The first kappa shape index (κ1) is 13.0. The Morgan fingerprint density at radius 1 is 1.56 bits per heavy atom. The summed E-state index contributed by atoms with van der Waals surface area (Å²) >= 11 is 1.53. The van der Waals surface area contributed by atoms with Crippen molar-refractivity contribution in [2.45, 2.75) is 18.6 Å². The molecule has 4 nitrogen and oxygen atoms in total. The van der Waals surface area contributed by atoms with Crippen LogP contribution in [0.2, 0.25) is 0 Å². The lowest BCUT2D eigenvalue weighted by atomic mass is 10.1. The second-order valence-electron chi connectivity index (χ2n) is 3.94. The van der Waals surface area contributed by atoms with E-state index in [1.807, 2.05) is 24.3 Å². The van der Waals surface area contributed by atoms with Gasteiger partial charge in [-0.15, -0.1) is 11.8 Å². The molecule has 2 rings (SSSR count). The van der Waals surface area contributed by atoms with Gasteiger partial charge in [-0.2, -0.15) is 0 Å². The molecule has 0 radical (unpaired) electrons. The smallest absolute Gasteiger partial charge is 0.315 e. The highest BCUT2D eigenvalue weighted by Gasteiger charge is 2.28. The standard InChI is InChI=1S/C13H15NO3S/c1-2-17-13(15)8-18-12-7-11(14-16)9-5-3-4-6-10(9)12/h3-6,12,16H,2,7-8H2,1H3/b14-11+. The number of ether oxygens (including phenoxy) is 1. The number of fused-ring (bicyclic) bond motifs is 1. The van der Waals surface area contributed by atoms with E-state index in [2.05, 4.69) is 5.16 Å². The number of carbonyl (C=O) groups is 1. The van der Waals surface area contributed by atoms with Crippen molar-refractivity contribution in [3.8, 4) is 0 Å². The van der Waals surface area contributed by atoms with Crippen LogP contribution >= 0.6 is 11.8 Å². The highest BCUT2D eigenvalue weighted by Crippen LogP contribution is 2.41. The average Bonchev–Trinajstić information content (AvgIpc) is 2.75. The molecule has 5 heteroatoms. The van der Waals surface area contributed by atoms with Gasteiger partial charge in [0.25, 0.3) is 0 Å². The Bertz CT molecular complexity index is 473.